The van der Waals surface area contributed by atoms with Gasteiger partial charge in [-0.15, -0.1) is 11.3 Å². The van der Waals surface area contributed by atoms with Crippen LogP contribution in [-0.4, -0.2) is 41.2 Å². The maximum atomic E-state index is 13.1. The third-order valence-corrected chi connectivity index (χ3v) is 5.58. The zero-order chi connectivity index (χ0) is 19.6. The van der Waals surface area contributed by atoms with Crippen LogP contribution < -0.4 is 5.32 Å². The van der Waals surface area contributed by atoms with E-state index in [-0.39, 0.29) is 22.9 Å². The molecule has 27 heavy (non-hydrogen) atoms. The quantitative estimate of drug-likeness (QED) is 0.671. The predicted octanol–water partition coefficient (Wildman–Crippen LogP) is 4.07. The minimum atomic E-state index is -0.347. The van der Waals surface area contributed by atoms with Gasteiger partial charge in [0.05, 0.1) is 23.0 Å². The van der Waals surface area contributed by atoms with E-state index >= 15 is 0 Å². The summed E-state index contributed by atoms with van der Waals surface area (Å²) in [5.74, 6) is -0.630. The summed E-state index contributed by atoms with van der Waals surface area (Å²) in [6.07, 6.45) is 0. The second kappa shape index (κ2) is 8.21. The fourth-order valence-electron chi connectivity index (χ4n) is 2.81. The molecule has 3 rings (SSSR count). The van der Waals surface area contributed by atoms with E-state index in [4.69, 9.17) is 11.6 Å². The zero-order valence-corrected chi connectivity index (χ0v) is 16.8. The van der Waals surface area contributed by atoms with Crippen molar-refractivity contribution in [3.63, 3.8) is 0 Å². The lowest BCUT2D eigenvalue weighted by molar-refractivity contribution is 0.0942. The van der Waals surface area contributed by atoms with Gasteiger partial charge in [-0.05, 0) is 56.7 Å². The smallest absolute Gasteiger partial charge is 0.256 e. The summed E-state index contributed by atoms with van der Waals surface area (Å²) in [6.45, 7) is 2.17. The van der Waals surface area contributed by atoms with E-state index in [1.165, 1.54) is 21.7 Å². The molecule has 0 saturated heterocycles. The highest BCUT2D eigenvalue weighted by atomic mass is 35.5. The number of carbonyl (C=O) groups excluding carboxylic acids is 1. The van der Waals surface area contributed by atoms with E-state index < -0.39 is 0 Å². The molecule has 1 unspecified atom stereocenters. The Bertz CT molecular complexity index is 922. The minimum Gasteiger partial charge on any atom is -0.350 e. The lowest BCUT2D eigenvalue weighted by Crippen LogP contribution is -2.34. The number of amides is 1. The Morgan fingerprint density at radius 3 is 2.63 bits per heavy atom. The monoisotopic (exact) mass is 406 g/mol. The number of hydrogen-bond donors (Lipinski definition) is 1. The number of rotatable bonds is 6. The predicted molar refractivity (Wildman–Crippen MR) is 106 cm³/mol. The summed E-state index contributed by atoms with van der Waals surface area (Å²) in [5, 5.41) is 9.51. The molecule has 3 aromatic rings. The van der Waals surface area contributed by atoms with E-state index in [1.807, 2.05) is 31.6 Å². The van der Waals surface area contributed by atoms with Gasteiger partial charge in [0.2, 0.25) is 0 Å². The highest BCUT2D eigenvalue weighted by molar-refractivity contribution is 7.10. The molecule has 8 heteroatoms. The van der Waals surface area contributed by atoms with Crippen LogP contribution in [-0.2, 0) is 0 Å². The summed E-state index contributed by atoms with van der Waals surface area (Å²) in [7, 11) is 3.95. The number of thiophene rings is 1. The zero-order valence-electron chi connectivity index (χ0n) is 15.2. The van der Waals surface area contributed by atoms with Crippen molar-refractivity contribution in [3.05, 3.63) is 68.9 Å². The van der Waals surface area contributed by atoms with Crippen LogP contribution >= 0.6 is 22.9 Å². The first kappa shape index (κ1) is 19.5. The molecule has 0 bridgehead atoms. The van der Waals surface area contributed by atoms with Gasteiger partial charge in [-0.1, -0.05) is 17.7 Å². The molecule has 1 N–H and O–H groups in total. The minimum absolute atomic E-state index is 0.0696. The van der Waals surface area contributed by atoms with Gasteiger partial charge in [0.15, 0.2) is 0 Å². The molecule has 2 heterocycles. The number of halogens is 2. The Labute approximate surface area is 166 Å². The lowest BCUT2D eigenvalue weighted by Gasteiger charge is -2.23. The first-order chi connectivity index (χ1) is 12.9. The Kier molecular flexibility index (Phi) is 5.94. The highest BCUT2D eigenvalue weighted by Gasteiger charge is 2.23. The molecule has 0 aliphatic rings. The van der Waals surface area contributed by atoms with E-state index in [2.05, 4.69) is 15.3 Å². The molecule has 5 nitrogen and oxygen atoms in total. The van der Waals surface area contributed by atoms with Gasteiger partial charge in [0.1, 0.15) is 11.0 Å². The Hall–Kier alpha value is -2.22. The molecule has 1 aromatic carbocycles. The number of aryl methyl sites for hydroxylation is 1. The van der Waals surface area contributed by atoms with Crippen molar-refractivity contribution < 1.29 is 9.18 Å². The van der Waals surface area contributed by atoms with Crippen LogP contribution in [0.5, 0.6) is 0 Å². The van der Waals surface area contributed by atoms with Gasteiger partial charge in [-0.3, -0.25) is 4.79 Å². The van der Waals surface area contributed by atoms with Crippen molar-refractivity contribution in [2.75, 3.05) is 20.6 Å². The molecule has 0 fully saturated rings. The van der Waals surface area contributed by atoms with E-state index in [1.54, 1.807) is 30.4 Å². The van der Waals surface area contributed by atoms with Crippen molar-refractivity contribution >= 4 is 28.8 Å². The van der Waals surface area contributed by atoms with Crippen LogP contribution in [0.2, 0.25) is 5.15 Å². The highest BCUT2D eigenvalue weighted by Crippen LogP contribution is 2.25. The third kappa shape index (κ3) is 4.21. The average molecular weight is 407 g/mol. The number of nitrogens with one attached hydrogen (secondary N) is 1. The molecule has 2 aromatic heterocycles. The van der Waals surface area contributed by atoms with Crippen LogP contribution in [0.3, 0.4) is 0 Å². The fraction of sp³-hybridized carbons (Fsp3) is 0.263. The number of benzene rings is 1. The van der Waals surface area contributed by atoms with Crippen LogP contribution in [0.1, 0.15) is 27.0 Å². The number of nitrogens with zero attached hydrogens (tertiary/aromatic N) is 3. The number of likely N-dealkylation sites (N-methyl/N-ethyl adjacent to an activating group) is 1. The molecule has 0 aliphatic heterocycles. The number of carbonyl (C=O) groups is 1. The van der Waals surface area contributed by atoms with Gasteiger partial charge >= 0.3 is 0 Å². The number of hydrogen-bond acceptors (Lipinski definition) is 4. The topological polar surface area (TPSA) is 50.2 Å². The molecular weight excluding hydrogens is 387 g/mol. The summed E-state index contributed by atoms with van der Waals surface area (Å²) in [6, 6.07) is 9.89. The van der Waals surface area contributed by atoms with Gasteiger partial charge < -0.3 is 10.2 Å². The Morgan fingerprint density at radius 1 is 1.33 bits per heavy atom. The van der Waals surface area contributed by atoms with Crippen molar-refractivity contribution in [3.8, 4) is 5.69 Å². The largest absolute Gasteiger partial charge is 0.350 e. The summed E-state index contributed by atoms with van der Waals surface area (Å²) >= 11 is 8.06. The second-order valence-corrected chi connectivity index (χ2v) is 7.68. The Morgan fingerprint density at radius 2 is 2.04 bits per heavy atom. The molecular formula is C19H20ClFN4OS. The standard InChI is InChI=1S/C19H20ClFN4OS/c1-12-17(18(20)25(23-12)14-8-6-13(21)7-9-14)19(26)22-11-15(24(2)3)16-5-4-10-27-16/h4-10,15H,11H2,1-3H3,(H,22,26). The maximum Gasteiger partial charge on any atom is 0.256 e. The molecule has 1 atom stereocenters. The normalized spacial score (nSPS) is 12.4. The second-order valence-electron chi connectivity index (χ2n) is 6.34. The van der Waals surface area contributed by atoms with Gasteiger partial charge in [-0.25, -0.2) is 9.07 Å². The van der Waals surface area contributed by atoms with Crippen molar-refractivity contribution in [1.82, 2.24) is 20.0 Å². The third-order valence-electron chi connectivity index (χ3n) is 4.25. The fourth-order valence-corrected chi connectivity index (χ4v) is 4.09. The van der Waals surface area contributed by atoms with Gasteiger partial charge in [0, 0.05) is 11.4 Å². The SMILES string of the molecule is Cc1nn(-c2ccc(F)cc2)c(Cl)c1C(=O)NCC(c1cccs1)N(C)C. The molecule has 0 aliphatic carbocycles. The van der Waals surface area contributed by atoms with E-state index in [9.17, 15) is 9.18 Å². The summed E-state index contributed by atoms with van der Waals surface area (Å²) in [5.41, 5.74) is 1.43. The van der Waals surface area contributed by atoms with Crippen molar-refractivity contribution in [2.24, 2.45) is 0 Å². The maximum absolute atomic E-state index is 13.1. The van der Waals surface area contributed by atoms with Crippen LogP contribution in [0, 0.1) is 12.7 Å². The van der Waals surface area contributed by atoms with Crippen LogP contribution in [0.25, 0.3) is 5.69 Å². The van der Waals surface area contributed by atoms with Crippen LogP contribution in [0.15, 0.2) is 41.8 Å². The van der Waals surface area contributed by atoms with Crippen molar-refractivity contribution in [1.29, 1.82) is 0 Å². The summed E-state index contributed by atoms with van der Waals surface area (Å²) in [4.78, 5) is 16.0. The molecule has 0 saturated carbocycles. The van der Waals surface area contributed by atoms with E-state index in [0.717, 1.165) is 0 Å². The lowest BCUT2D eigenvalue weighted by atomic mass is 10.2. The first-order valence-corrected chi connectivity index (χ1v) is 9.63. The Balaban J connectivity index is 1.80. The van der Waals surface area contributed by atoms with Gasteiger partial charge in [-0.2, -0.15) is 5.10 Å². The molecule has 1 amide bonds. The van der Waals surface area contributed by atoms with Gasteiger partial charge in [0.25, 0.3) is 5.91 Å². The summed E-state index contributed by atoms with van der Waals surface area (Å²) < 4.78 is 14.6. The molecule has 142 valence electrons. The average Bonchev–Trinajstić information content (AvgIpc) is 3.24. The molecule has 0 spiro atoms. The number of aromatic nitrogens is 2. The van der Waals surface area contributed by atoms with Crippen molar-refractivity contribution in [2.45, 2.75) is 13.0 Å². The first-order valence-electron chi connectivity index (χ1n) is 8.37. The molecule has 0 radical (unpaired) electrons. The van der Waals surface area contributed by atoms with Crippen LogP contribution in [0.4, 0.5) is 4.39 Å². The van der Waals surface area contributed by atoms with E-state index in [0.29, 0.717) is 23.5 Å².